The lowest BCUT2D eigenvalue weighted by Crippen LogP contribution is -2.38. The van der Waals surface area contributed by atoms with Crippen LogP contribution in [0.25, 0.3) is 0 Å². The van der Waals surface area contributed by atoms with Gasteiger partial charge >= 0.3 is 0 Å². The molecule has 0 N–H and O–H groups in total. The largest absolute Gasteiger partial charge is 0.493 e. The van der Waals surface area contributed by atoms with E-state index in [1.807, 2.05) is 105 Å². The van der Waals surface area contributed by atoms with E-state index in [9.17, 15) is 14.4 Å². The molecule has 5 aromatic rings. The van der Waals surface area contributed by atoms with Gasteiger partial charge in [-0.05, 0) is 142 Å². The molecule has 0 fully saturated rings. The maximum atomic E-state index is 14.3. The van der Waals surface area contributed by atoms with Gasteiger partial charge in [0.1, 0.15) is 24.7 Å². The van der Waals surface area contributed by atoms with Crippen LogP contribution in [0, 0.1) is 6.92 Å². The Morgan fingerprint density at radius 3 is 2.19 bits per heavy atom. The van der Waals surface area contributed by atoms with E-state index >= 15 is 0 Å². The van der Waals surface area contributed by atoms with Gasteiger partial charge in [0.15, 0.2) is 11.5 Å². The van der Waals surface area contributed by atoms with E-state index in [1.165, 1.54) is 5.56 Å². The van der Waals surface area contributed by atoms with Crippen molar-refractivity contribution >= 4 is 68.1 Å². The molecule has 5 aromatic carbocycles. The first-order valence-corrected chi connectivity index (χ1v) is 28.0. The Morgan fingerprint density at radius 2 is 1.47 bits per heavy atom. The third-order valence-corrected chi connectivity index (χ3v) is 17.2. The molecule has 0 radical (unpaired) electrons. The second-order valence-corrected chi connectivity index (χ2v) is 23.2. The van der Waals surface area contributed by atoms with Crippen LogP contribution in [0.1, 0.15) is 107 Å². The van der Waals surface area contributed by atoms with Crippen LogP contribution in [0.3, 0.4) is 0 Å². The number of carbonyl (C=O) groups excluding carboxylic acids is 3. The van der Waals surface area contributed by atoms with Crippen LogP contribution < -0.4 is 28.9 Å². The minimum Gasteiger partial charge on any atom is -0.493 e. The van der Waals surface area contributed by atoms with Crippen LogP contribution >= 0.6 is 21.6 Å². The summed E-state index contributed by atoms with van der Waals surface area (Å²) in [4.78, 5) is 51.2. The number of hydrogen-bond donors (Lipinski definition) is 0. The summed E-state index contributed by atoms with van der Waals surface area (Å²) in [5, 5.41) is 0. The quantitative estimate of drug-likeness (QED) is 0.0434. The van der Waals surface area contributed by atoms with Crippen molar-refractivity contribution in [3.63, 3.8) is 0 Å². The van der Waals surface area contributed by atoms with E-state index in [-0.39, 0.29) is 47.6 Å². The first-order chi connectivity index (χ1) is 35.4. The molecule has 12 nitrogen and oxygen atoms in total. The molecule has 73 heavy (non-hydrogen) atoms. The Morgan fingerprint density at radius 1 is 0.781 bits per heavy atom. The van der Waals surface area contributed by atoms with Gasteiger partial charge in [0.2, 0.25) is 0 Å². The summed E-state index contributed by atoms with van der Waals surface area (Å²) in [7, 11) is 5.26. The van der Waals surface area contributed by atoms with Crippen LogP contribution in [0.5, 0.6) is 17.2 Å². The Balaban J connectivity index is 0.995. The average Bonchev–Trinajstić information content (AvgIpc) is 3.87. The number of ketones is 1. The number of benzene rings is 5. The fraction of sp³-hybridized carbons (Fsp3) is 0.424. The smallest absolute Gasteiger partial charge is 0.261 e. The maximum Gasteiger partial charge on any atom is 0.261 e. The Labute approximate surface area is 438 Å². The molecule has 14 heteroatoms. The van der Waals surface area contributed by atoms with Gasteiger partial charge in [0.25, 0.3) is 11.8 Å². The molecule has 0 spiro atoms. The van der Waals surface area contributed by atoms with Gasteiger partial charge < -0.3 is 38.3 Å². The van der Waals surface area contributed by atoms with Gasteiger partial charge in [-0.1, -0.05) is 64.9 Å². The normalized spacial score (nSPS) is 16.5. The number of para-hydroxylation sites is 2. The highest BCUT2D eigenvalue weighted by molar-refractivity contribution is 8.77. The molecule has 384 valence electrons. The molecule has 0 unspecified atom stereocenters. The van der Waals surface area contributed by atoms with E-state index in [4.69, 9.17) is 28.7 Å². The lowest BCUT2D eigenvalue weighted by molar-refractivity contribution is -0.117. The summed E-state index contributed by atoms with van der Waals surface area (Å²) in [6, 6.07) is 30.3. The average molecular weight is 1030 g/mol. The molecule has 9 rings (SSSR count). The molecule has 2 amide bonds. The van der Waals surface area contributed by atoms with Gasteiger partial charge in [-0.15, -0.1) is 0 Å². The molecule has 2 atom stereocenters. The molecular formula is C59H68N4O8S2. The van der Waals surface area contributed by atoms with Crippen LogP contribution in [0.15, 0.2) is 96.0 Å². The molecule has 0 aliphatic carbocycles. The second kappa shape index (κ2) is 23.6. The van der Waals surface area contributed by atoms with Crippen LogP contribution in [-0.2, 0) is 46.7 Å². The highest BCUT2D eigenvalue weighted by Gasteiger charge is 2.39. The number of hydrogen-bond acceptors (Lipinski definition) is 12. The highest BCUT2D eigenvalue weighted by Crippen LogP contribution is 2.43. The number of fused-ring (bicyclic) bond motifs is 8. The molecule has 0 saturated carbocycles. The first-order valence-electron chi connectivity index (χ1n) is 25.7. The van der Waals surface area contributed by atoms with Gasteiger partial charge in [0, 0.05) is 84.0 Å². The topological polar surface area (TPSA) is 119 Å². The van der Waals surface area contributed by atoms with E-state index in [1.54, 1.807) is 14.0 Å². The third kappa shape index (κ3) is 12.3. The van der Waals surface area contributed by atoms with Crippen molar-refractivity contribution in [2.45, 2.75) is 110 Å². The fourth-order valence-corrected chi connectivity index (χ4v) is 12.9. The monoisotopic (exact) mass is 1020 g/mol. The standard InChI is InChI=1S/C59H68N4O8S2/c1-7-21-68-23-24-69-22-20-61(38-59(4,5)73-72-25-12-13-40(3)64)47-28-41(36-70-54-34-51-50(26-39(54)2)58(66)63-48(35-60-51)31-45-15-9-11-17-53(45)63)27-42(29-47)37-71-56-32-43-18-19-46-30-44-14-8-10-16-52(44)62(46)57(65)49(43)33-55(56)67-6/h8-11,14-17,26-29,32-35,46,48H,7,12-13,18-25,30-31,36-38H2,1-6H3/t46-,48+/m1/s1. The van der Waals surface area contributed by atoms with Crippen LogP contribution in [0.2, 0.25) is 0 Å². The number of anilines is 3. The highest BCUT2D eigenvalue weighted by atomic mass is 33.1. The molecule has 4 aliphatic heterocycles. The minimum absolute atomic E-state index is 0.00743. The van der Waals surface area contributed by atoms with Crippen molar-refractivity contribution in [2.75, 3.05) is 67.1 Å². The number of carbonyl (C=O) groups is 3. The predicted octanol–water partition coefficient (Wildman–Crippen LogP) is 11.7. The molecule has 0 saturated heterocycles. The molecule has 0 bridgehead atoms. The maximum absolute atomic E-state index is 14.3. The van der Waals surface area contributed by atoms with Crippen molar-refractivity contribution in [3.8, 4) is 17.2 Å². The summed E-state index contributed by atoms with van der Waals surface area (Å²) < 4.78 is 31.1. The summed E-state index contributed by atoms with van der Waals surface area (Å²) in [6.07, 6.45) is 7.45. The van der Waals surface area contributed by atoms with Crippen molar-refractivity contribution in [3.05, 3.63) is 136 Å². The number of aliphatic imine (C=N–C) groups is 1. The third-order valence-electron chi connectivity index (χ3n) is 13.8. The number of Topliss-reactive ketones (excluding diaryl/α,β-unsaturated/α-hetero) is 1. The Bertz CT molecular complexity index is 2850. The fourth-order valence-electron chi connectivity index (χ4n) is 10.3. The summed E-state index contributed by atoms with van der Waals surface area (Å²) >= 11 is 0. The van der Waals surface area contributed by atoms with Crippen molar-refractivity contribution in [1.82, 2.24) is 0 Å². The SMILES string of the molecule is CCCOCCOCCN(CC(C)(C)SSCCCC(C)=O)c1cc(COc2cc3c(cc2C)C(=O)N2c4ccccc4C[C@H]2C=N3)cc(COc2cc3c(cc2OC)C(=O)N2c4ccccc4C[C@H]2CC3)c1. The molecule has 0 aromatic heterocycles. The van der Waals surface area contributed by atoms with E-state index < -0.39 is 0 Å². The zero-order valence-electron chi connectivity index (χ0n) is 43.1. The molecule has 4 aliphatic rings. The van der Waals surface area contributed by atoms with Crippen LogP contribution in [-0.4, -0.2) is 93.0 Å². The van der Waals surface area contributed by atoms with Gasteiger partial charge in [-0.2, -0.15) is 0 Å². The van der Waals surface area contributed by atoms with E-state index in [0.29, 0.717) is 80.0 Å². The van der Waals surface area contributed by atoms with Gasteiger partial charge in [0.05, 0.1) is 44.2 Å². The van der Waals surface area contributed by atoms with Gasteiger partial charge in [-0.25, -0.2) is 0 Å². The summed E-state index contributed by atoms with van der Waals surface area (Å²) in [5.41, 5.74) is 10.7. The molecule has 4 heterocycles. The number of nitrogens with zero attached hydrogens (tertiary/aromatic N) is 4. The van der Waals surface area contributed by atoms with E-state index in [2.05, 4.69) is 56.0 Å². The summed E-state index contributed by atoms with van der Waals surface area (Å²) in [6.45, 7) is 14.3. The Kier molecular flexibility index (Phi) is 16.8. The number of rotatable bonds is 24. The van der Waals surface area contributed by atoms with E-state index in [0.717, 1.165) is 89.2 Å². The predicted molar refractivity (Wildman–Crippen MR) is 295 cm³/mol. The number of ether oxygens (including phenoxy) is 5. The number of methoxy groups -OCH3 is 1. The molecular weight excluding hydrogens is 957 g/mol. The van der Waals surface area contributed by atoms with Crippen molar-refractivity contribution in [2.24, 2.45) is 4.99 Å². The van der Waals surface area contributed by atoms with Crippen LogP contribution in [0.4, 0.5) is 22.7 Å². The second-order valence-electron chi connectivity index (χ2n) is 20.1. The first kappa shape index (κ1) is 52.1. The minimum atomic E-state index is -0.174. The zero-order valence-corrected chi connectivity index (χ0v) is 44.7. The lowest BCUT2D eigenvalue weighted by atomic mass is 9.99. The lowest BCUT2D eigenvalue weighted by Gasteiger charge is -2.34. The Hall–Kier alpha value is -5.80. The zero-order chi connectivity index (χ0) is 51.1. The van der Waals surface area contributed by atoms with Crippen molar-refractivity contribution in [1.29, 1.82) is 0 Å². The summed E-state index contributed by atoms with van der Waals surface area (Å²) in [5.74, 6) is 2.77. The number of aryl methyl sites for hydroxylation is 2. The van der Waals surface area contributed by atoms with Crippen molar-refractivity contribution < 1.29 is 38.1 Å². The van der Waals surface area contributed by atoms with Gasteiger partial charge in [-0.3, -0.25) is 19.5 Å². The number of amides is 2.